The molecule has 1 atom stereocenters. The lowest BCUT2D eigenvalue weighted by atomic mass is 9.76. The smallest absolute Gasteiger partial charge is 0.231 e. The summed E-state index contributed by atoms with van der Waals surface area (Å²) in [6.07, 6.45) is 6.87. The Hall–Kier alpha value is -2.57. The van der Waals surface area contributed by atoms with E-state index in [1.54, 1.807) is 10.9 Å². The van der Waals surface area contributed by atoms with E-state index in [1.807, 2.05) is 17.2 Å². The zero-order chi connectivity index (χ0) is 18.0. The van der Waals surface area contributed by atoms with Gasteiger partial charge in [0.1, 0.15) is 0 Å². The van der Waals surface area contributed by atoms with Crippen LogP contribution in [0.1, 0.15) is 31.7 Å². The summed E-state index contributed by atoms with van der Waals surface area (Å²) < 4.78 is 12.7. The van der Waals surface area contributed by atoms with E-state index < -0.39 is 0 Å². The number of carbonyl (C=O) groups excluding carboxylic acids is 1. The molecular formula is C19H24N4O3. The van der Waals surface area contributed by atoms with Crippen LogP contribution >= 0.6 is 0 Å². The summed E-state index contributed by atoms with van der Waals surface area (Å²) >= 11 is 0. The van der Waals surface area contributed by atoms with Crippen molar-refractivity contribution in [1.82, 2.24) is 19.9 Å². The summed E-state index contributed by atoms with van der Waals surface area (Å²) in [5, 5.41) is 7.78. The molecule has 1 unspecified atom stereocenters. The molecule has 26 heavy (non-hydrogen) atoms. The molecule has 0 spiro atoms. The van der Waals surface area contributed by atoms with E-state index in [4.69, 9.17) is 9.47 Å². The van der Waals surface area contributed by atoms with E-state index in [-0.39, 0.29) is 11.3 Å². The highest BCUT2D eigenvalue weighted by Crippen LogP contribution is 2.37. The minimum absolute atomic E-state index is 0.0782. The van der Waals surface area contributed by atoms with E-state index in [1.165, 1.54) is 5.56 Å². The van der Waals surface area contributed by atoms with Gasteiger partial charge in [-0.2, -0.15) is 0 Å². The molecule has 0 aliphatic carbocycles. The van der Waals surface area contributed by atoms with Gasteiger partial charge < -0.3 is 14.4 Å². The Balaban J connectivity index is 1.37. The lowest BCUT2D eigenvalue weighted by molar-refractivity contribution is -0.137. The molecule has 0 saturated carbocycles. The molecule has 3 heterocycles. The van der Waals surface area contributed by atoms with Crippen molar-refractivity contribution in [3.63, 3.8) is 0 Å². The van der Waals surface area contributed by atoms with Crippen molar-refractivity contribution in [3.05, 3.63) is 36.2 Å². The Morgan fingerprint density at radius 3 is 2.96 bits per heavy atom. The predicted molar refractivity (Wildman–Crippen MR) is 94.8 cm³/mol. The number of piperidine rings is 1. The second-order valence-corrected chi connectivity index (χ2v) is 7.51. The van der Waals surface area contributed by atoms with Gasteiger partial charge in [-0.25, -0.2) is 0 Å². The van der Waals surface area contributed by atoms with E-state index in [2.05, 4.69) is 29.4 Å². The first-order valence-corrected chi connectivity index (χ1v) is 9.12. The fourth-order valence-electron chi connectivity index (χ4n) is 3.86. The number of benzene rings is 1. The summed E-state index contributed by atoms with van der Waals surface area (Å²) in [4.78, 5) is 14.3. The largest absolute Gasteiger partial charge is 0.454 e. The molecule has 138 valence electrons. The van der Waals surface area contributed by atoms with Gasteiger partial charge in [-0.05, 0) is 42.4 Å². The number of amides is 1. The third-order valence-corrected chi connectivity index (χ3v) is 5.22. The van der Waals surface area contributed by atoms with Gasteiger partial charge in [-0.3, -0.25) is 9.48 Å². The molecule has 1 fully saturated rings. The molecule has 7 nitrogen and oxygen atoms in total. The van der Waals surface area contributed by atoms with Gasteiger partial charge in [0.2, 0.25) is 12.7 Å². The van der Waals surface area contributed by atoms with Gasteiger partial charge in [0.15, 0.2) is 11.5 Å². The third kappa shape index (κ3) is 3.66. The number of aryl methyl sites for hydroxylation is 1. The molecule has 2 aliphatic heterocycles. The minimum atomic E-state index is 0.0782. The van der Waals surface area contributed by atoms with Crippen LogP contribution in [0.5, 0.6) is 11.5 Å². The predicted octanol–water partition coefficient (Wildman–Crippen LogP) is 2.27. The highest BCUT2D eigenvalue weighted by atomic mass is 16.7. The average molecular weight is 356 g/mol. The van der Waals surface area contributed by atoms with Crippen LogP contribution in [0.2, 0.25) is 0 Å². The lowest BCUT2D eigenvalue weighted by Gasteiger charge is -2.40. The van der Waals surface area contributed by atoms with Gasteiger partial charge in [0, 0.05) is 32.3 Å². The Bertz CT molecular complexity index is 777. The van der Waals surface area contributed by atoms with Gasteiger partial charge in [0.25, 0.3) is 0 Å². The van der Waals surface area contributed by atoms with Gasteiger partial charge in [0.05, 0.1) is 6.20 Å². The SMILES string of the molecule is CC1(Cc2ccc3c(c2)OCO3)CCC(=O)N(CCCn2ccnn2)C1. The number of fused-ring (bicyclic) bond motifs is 1. The van der Waals surface area contributed by atoms with Gasteiger partial charge in [-0.15, -0.1) is 5.10 Å². The Labute approximate surface area is 152 Å². The summed E-state index contributed by atoms with van der Waals surface area (Å²) in [6.45, 7) is 4.90. The number of likely N-dealkylation sites (tertiary alicyclic amines) is 1. The number of aromatic nitrogens is 3. The molecule has 0 bridgehead atoms. The van der Waals surface area contributed by atoms with Gasteiger partial charge in [-0.1, -0.05) is 18.2 Å². The number of hydrogen-bond acceptors (Lipinski definition) is 5. The average Bonchev–Trinajstić information content (AvgIpc) is 3.29. The minimum Gasteiger partial charge on any atom is -0.454 e. The zero-order valence-corrected chi connectivity index (χ0v) is 15.1. The molecular weight excluding hydrogens is 332 g/mol. The zero-order valence-electron chi connectivity index (χ0n) is 15.1. The number of carbonyl (C=O) groups is 1. The Morgan fingerprint density at radius 2 is 2.12 bits per heavy atom. The maximum absolute atomic E-state index is 12.3. The van der Waals surface area contributed by atoms with Crippen molar-refractivity contribution in [1.29, 1.82) is 0 Å². The normalized spacial score (nSPS) is 22.0. The quantitative estimate of drug-likeness (QED) is 0.794. The fourth-order valence-corrected chi connectivity index (χ4v) is 3.86. The molecule has 2 aliphatic rings. The van der Waals surface area contributed by atoms with Crippen molar-refractivity contribution in [2.45, 2.75) is 39.2 Å². The molecule has 4 rings (SSSR count). The van der Waals surface area contributed by atoms with E-state index in [0.717, 1.165) is 50.4 Å². The Morgan fingerprint density at radius 1 is 1.23 bits per heavy atom. The molecule has 7 heteroatoms. The number of nitrogens with zero attached hydrogens (tertiary/aromatic N) is 4. The van der Waals surface area contributed by atoms with Crippen molar-refractivity contribution in [3.8, 4) is 11.5 Å². The van der Waals surface area contributed by atoms with Crippen LogP contribution in [-0.2, 0) is 17.8 Å². The first kappa shape index (κ1) is 16.9. The molecule has 1 aromatic heterocycles. The van der Waals surface area contributed by atoms with Crippen LogP contribution < -0.4 is 9.47 Å². The first-order valence-electron chi connectivity index (χ1n) is 9.12. The molecule has 0 radical (unpaired) electrons. The molecule has 1 aromatic carbocycles. The third-order valence-electron chi connectivity index (χ3n) is 5.22. The summed E-state index contributed by atoms with van der Waals surface area (Å²) in [6, 6.07) is 6.15. The monoisotopic (exact) mass is 356 g/mol. The maximum atomic E-state index is 12.3. The van der Waals surface area contributed by atoms with Crippen LogP contribution in [0.15, 0.2) is 30.6 Å². The molecule has 1 amide bonds. The fraction of sp³-hybridized carbons (Fsp3) is 0.526. The van der Waals surface area contributed by atoms with Crippen molar-refractivity contribution in [2.24, 2.45) is 5.41 Å². The summed E-state index contributed by atoms with van der Waals surface area (Å²) in [5.74, 6) is 1.89. The first-order chi connectivity index (χ1) is 12.6. The van der Waals surface area contributed by atoms with Crippen molar-refractivity contribution in [2.75, 3.05) is 19.9 Å². The van der Waals surface area contributed by atoms with E-state index in [0.29, 0.717) is 13.2 Å². The summed E-state index contributed by atoms with van der Waals surface area (Å²) in [7, 11) is 0. The molecule has 2 aromatic rings. The number of ether oxygens (including phenoxy) is 2. The van der Waals surface area contributed by atoms with E-state index in [9.17, 15) is 4.79 Å². The van der Waals surface area contributed by atoms with Crippen LogP contribution in [0, 0.1) is 5.41 Å². The topological polar surface area (TPSA) is 69.5 Å². The highest BCUT2D eigenvalue weighted by Gasteiger charge is 2.35. The lowest BCUT2D eigenvalue weighted by Crippen LogP contribution is -2.46. The maximum Gasteiger partial charge on any atom is 0.231 e. The van der Waals surface area contributed by atoms with E-state index >= 15 is 0 Å². The molecule has 1 saturated heterocycles. The van der Waals surface area contributed by atoms with Gasteiger partial charge >= 0.3 is 0 Å². The second kappa shape index (κ2) is 6.97. The second-order valence-electron chi connectivity index (χ2n) is 7.51. The Kier molecular flexibility index (Phi) is 4.53. The number of hydrogen-bond donors (Lipinski definition) is 0. The molecule has 0 N–H and O–H groups in total. The number of rotatable bonds is 6. The van der Waals surface area contributed by atoms with Crippen LogP contribution in [-0.4, -0.2) is 45.7 Å². The van der Waals surface area contributed by atoms with Crippen molar-refractivity contribution >= 4 is 5.91 Å². The van der Waals surface area contributed by atoms with Crippen LogP contribution in [0.3, 0.4) is 0 Å². The highest BCUT2D eigenvalue weighted by molar-refractivity contribution is 5.77. The van der Waals surface area contributed by atoms with Crippen molar-refractivity contribution < 1.29 is 14.3 Å². The summed E-state index contributed by atoms with van der Waals surface area (Å²) in [5.41, 5.74) is 1.31. The van der Waals surface area contributed by atoms with Crippen LogP contribution in [0.4, 0.5) is 0 Å². The standard InChI is InChI=1S/C19H24N4O3/c1-19(12-15-3-4-16-17(11-15)26-14-25-16)6-5-18(24)22(13-19)8-2-9-23-10-7-20-21-23/h3-4,7,10-11H,2,5-6,8-9,12-14H2,1H3. The van der Waals surface area contributed by atoms with Crippen LogP contribution in [0.25, 0.3) is 0 Å².